The number of pyridine rings is 1. The van der Waals surface area contributed by atoms with Crippen molar-refractivity contribution in [1.82, 2.24) is 9.72 Å². The van der Waals surface area contributed by atoms with Crippen molar-refractivity contribution >= 4 is 26.7 Å². The molecular formula is C26H19F2N3O5S. The predicted molar refractivity (Wildman–Crippen MR) is 133 cm³/mol. The zero-order chi connectivity index (χ0) is 26.3. The number of fused-ring (bicyclic) bond motifs is 1. The summed E-state index contributed by atoms with van der Waals surface area (Å²) < 4.78 is 68.4. The lowest BCUT2D eigenvalue weighted by atomic mass is 10.0. The Bertz CT molecular complexity index is 1820. The molecule has 0 bridgehead atoms. The van der Waals surface area contributed by atoms with Gasteiger partial charge in [-0.1, -0.05) is 17.3 Å². The minimum atomic E-state index is -4.01. The Balaban J connectivity index is 1.69. The van der Waals surface area contributed by atoms with E-state index in [0.29, 0.717) is 22.0 Å². The van der Waals surface area contributed by atoms with Crippen LogP contribution in [0.4, 0.5) is 14.6 Å². The van der Waals surface area contributed by atoms with E-state index in [1.807, 2.05) is 0 Å². The zero-order valence-electron chi connectivity index (χ0n) is 19.5. The Morgan fingerprint density at radius 1 is 1.03 bits per heavy atom. The predicted octanol–water partition coefficient (Wildman–Crippen LogP) is 5.04. The highest BCUT2D eigenvalue weighted by Crippen LogP contribution is 2.34. The van der Waals surface area contributed by atoms with Crippen LogP contribution in [0.1, 0.15) is 5.56 Å². The van der Waals surface area contributed by atoms with Crippen LogP contribution in [0.5, 0.6) is 5.75 Å². The quantitative estimate of drug-likeness (QED) is 0.334. The molecule has 11 heteroatoms. The van der Waals surface area contributed by atoms with Crippen molar-refractivity contribution in [3.8, 4) is 22.6 Å². The van der Waals surface area contributed by atoms with E-state index >= 15 is 4.39 Å². The van der Waals surface area contributed by atoms with Gasteiger partial charge in [0.1, 0.15) is 23.6 Å². The van der Waals surface area contributed by atoms with Gasteiger partial charge in [0.25, 0.3) is 15.6 Å². The summed E-state index contributed by atoms with van der Waals surface area (Å²) in [6.45, 7) is 1.67. The summed E-state index contributed by atoms with van der Waals surface area (Å²) in [6, 6.07) is 14.9. The van der Waals surface area contributed by atoms with Gasteiger partial charge in [-0.05, 0) is 54.4 Å². The molecule has 0 aliphatic rings. The Labute approximate surface area is 209 Å². The third-order valence-corrected chi connectivity index (χ3v) is 7.18. The second-order valence-corrected chi connectivity index (χ2v) is 9.87. The molecule has 0 spiro atoms. The highest BCUT2D eigenvalue weighted by Gasteiger charge is 2.21. The maximum absolute atomic E-state index is 15.3. The fourth-order valence-electron chi connectivity index (χ4n) is 4.11. The number of nitrogens with one attached hydrogen (secondary N) is 1. The molecule has 0 amide bonds. The van der Waals surface area contributed by atoms with Crippen LogP contribution >= 0.6 is 0 Å². The van der Waals surface area contributed by atoms with Crippen LogP contribution in [0.15, 0.2) is 87.2 Å². The van der Waals surface area contributed by atoms with Gasteiger partial charge in [0, 0.05) is 29.1 Å². The Kier molecular flexibility index (Phi) is 6.00. The molecule has 0 aliphatic carbocycles. The second kappa shape index (κ2) is 9.17. The van der Waals surface area contributed by atoms with Crippen molar-refractivity contribution in [3.63, 3.8) is 0 Å². The number of sulfonamides is 1. The van der Waals surface area contributed by atoms with Gasteiger partial charge in [-0.2, -0.15) is 0 Å². The third-order valence-electron chi connectivity index (χ3n) is 5.83. The smallest absolute Gasteiger partial charge is 0.263 e. The number of aryl methyl sites for hydroxylation is 1. The van der Waals surface area contributed by atoms with Crippen LogP contribution < -0.4 is 15.0 Å². The summed E-state index contributed by atoms with van der Waals surface area (Å²) in [4.78, 5) is 13.0. The van der Waals surface area contributed by atoms with Gasteiger partial charge in [0.15, 0.2) is 5.82 Å². The number of hydrogen-bond acceptors (Lipinski definition) is 6. The number of nitrogens with zero attached hydrogens (tertiary/aromatic N) is 2. The topological polar surface area (TPSA) is 103 Å². The first-order valence-corrected chi connectivity index (χ1v) is 12.4. The van der Waals surface area contributed by atoms with Gasteiger partial charge in [0.05, 0.1) is 23.2 Å². The van der Waals surface area contributed by atoms with Gasteiger partial charge < -0.3 is 9.26 Å². The van der Waals surface area contributed by atoms with Gasteiger partial charge in [-0.3, -0.25) is 14.1 Å². The lowest BCUT2D eigenvalue weighted by Gasteiger charge is -2.17. The largest absolute Gasteiger partial charge is 0.495 e. The average molecular weight is 524 g/mol. The van der Waals surface area contributed by atoms with Crippen molar-refractivity contribution in [2.75, 3.05) is 11.8 Å². The number of aromatic nitrogens is 2. The molecule has 3 aromatic carbocycles. The first-order valence-electron chi connectivity index (χ1n) is 10.9. The molecule has 2 heterocycles. The fraction of sp³-hybridized carbons (Fsp3) is 0.0769. The number of halogens is 2. The Morgan fingerprint density at radius 3 is 2.54 bits per heavy atom. The minimum absolute atomic E-state index is 0.0142. The van der Waals surface area contributed by atoms with Crippen molar-refractivity contribution in [2.24, 2.45) is 0 Å². The van der Waals surface area contributed by atoms with E-state index in [4.69, 9.17) is 4.74 Å². The molecule has 0 radical (unpaired) electrons. The summed E-state index contributed by atoms with van der Waals surface area (Å²) in [5.74, 6) is -1.04. The van der Waals surface area contributed by atoms with E-state index in [-0.39, 0.29) is 27.7 Å². The van der Waals surface area contributed by atoms with Gasteiger partial charge in [-0.15, -0.1) is 0 Å². The SMILES string of the molecule is COc1cc(-c2cccc(F)c2)c(F)cc1-n1c(=O)cc(C)c2cc(S(=O)(=O)Nc3ccon3)ccc21. The third kappa shape index (κ3) is 4.45. The molecule has 2 aromatic heterocycles. The highest BCUT2D eigenvalue weighted by atomic mass is 32.2. The van der Waals surface area contributed by atoms with Crippen LogP contribution in [0.2, 0.25) is 0 Å². The molecule has 0 fully saturated rings. The number of hydrogen-bond donors (Lipinski definition) is 1. The molecule has 5 aromatic rings. The number of benzene rings is 3. The molecular weight excluding hydrogens is 504 g/mol. The second-order valence-electron chi connectivity index (χ2n) is 8.18. The average Bonchev–Trinajstić information content (AvgIpc) is 3.36. The molecule has 0 atom stereocenters. The van der Waals surface area contributed by atoms with E-state index in [9.17, 15) is 17.6 Å². The highest BCUT2D eigenvalue weighted by molar-refractivity contribution is 7.92. The number of ether oxygens (including phenoxy) is 1. The monoisotopic (exact) mass is 523 g/mol. The molecule has 37 heavy (non-hydrogen) atoms. The lowest BCUT2D eigenvalue weighted by molar-refractivity contribution is 0.412. The van der Waals surface area contributed by atoms with Gasteiger partial charge >= 0.3 is 0 Å². The summed E-state index contributed by atoms with van der Waals surface area (Å²) in [5, 5.41) is 4.00. The molecule has 0 unspecified atom stereocenters. The van der Waals surface area contributed by atoms with Gasteiger partial charge in [-0.25, -0.2) is 17.2 Å². The zero-order valence-corrected chi connectivity index (χ0v) is 20.3. The molecule has 188 valence electrons. The molecule has 8 nitrogen and oxygen atoms in total. The van der Waals surface area contributed by atoms with Crippen molar-refractivity contribution in [3.05, 3.63) is 101 Å². The first-order chi connectivity index (χ1) is 17.7. The van der Waals surface area contributed by atoms with Crippen LogP contribution in [0.25, 0.3) is 27.7 Å². The van der Waals surface area contributed by atoms with E-state index in [1.165, 1.54) is 72.5 Å². The fourth-order valence-corrected chi connectivity index (χ4v) is 5.13. The molecule has 0 saturated heterocycles. The summed E-state index contributed by atoms with van der Waals surface area (Å²) in [5.41, 5.74) is 0.881. The normalized spacial score (nSPS) is 11.6. The minimum Gasteiger partial charge on any atom is -0.495 e. The lowest BCUT2D eigenvalue weighted by Crippen LogP contribution is -2.20. The number of methoxy groups -OCH3 is 1. The van der Waals surface area contributed by atoms with E-state index < -0.39 is 27.2 Å². The van der Waals surface area contributed by atoms with Crippen molar-refractivity contribution in [2.45, 2.75) is 11.8 Å². The summed E-state index contributed by atoms with van der Waals surface area (Å²) in [7, 11) is -2.64. The molecule has 0 aliphatic heterocycles. The molecule has 1 N–H and O–H groups in total. The van der Waals surface area contributed by atoms with Crippen molar-refractivity contribution < 1.29 is 26.5 Å². The molecule has 0 saturated carbocycles. The van der Waals surface area contributed by atoms with Crippen LogP contribution in [-0.4, -0.2) is 25.3 Å². The van der Waals surface area contributed by atoms with Crippen LogP contribution in [0.3, 0.4) is 0 Å². The molecule has 5 rings (SSSR count). The summed E-state index contributed by atoms with van der Waals surface area (Å²) in [6.07, 6.45) is 1.23. The van der Waals surface area contributed by atoms with Crippen LogP contribution in [-0.2, 0) is 10.0 Å². The van der Waals surface area contributed by atoms with E-state index in [2.05, 4.69) is 14.4 Å². The van der Waals surface area contributed by atoms with Crippen molar-refractivity contribution in [1.29, 1.82) is 0 Å². The van der Waals surface area contributed by atoms with E-state index in [1.54, 1.807) is 13.0 Å². The van der Waals surface area contributed by atoms with Crippen LogP contribution in [0, 0.1) is 18.6 Å². The maximum Gasteiger partial charge on any atom is 0.263 e. The standard InChI is InChI=1S/C26H19F2N3O5S/c1-15-10-26(32)31(22-7-6-18(12-19(15)22)37(33,34)30-25-8-9-36-29-25)23-14-21(28)20(13-24(23)35-2)16-4-3-5-17(27)11-16/h3-14H,1-2H3,(H,29,30). The first kappa shape index (κ1) is 24.2. The summed E-state index contributed by atoms with van der Waals surface area (Å²) >= 11 is 0. The number of rotatable bonds is 6. The van der Waals surface area contributed by atoms with Gasteiger partial charge in [0.2, 0.25) is 0 Å². The Morgan fingerprint density at radius 2 is 1.84 bits per heavy atom. The Hall–Kier alpha value is -4.51. The number of anilines is 1. The maximum atomic E-state index is 15.3. The van der Waals surface area contributed by atoms with E-state index in [0.717, 1.165) is 6.07 Å².